The average molecular weight is 536 g/mol. The lowest BCUT2D eigenvalue weighted by atomic mass is 9.94. The molecule has 7 heteroatoms. The van der Waals surface area contributed by atoms with Crippen LogP contribution in [0.2, 0.25) is 0 Å². The van der Waals surface area contributed by atoms with Crippen molar-refractivity contribution in [2.24, 2.45) is 11.8 Å². The third kappa shape index (κ3) is 7.61. The first-order valence-corrected chi connectivity index (χ1v) is 14.0. The first kappa shape index (κ1) is 30.2. The van der Waals surface area contributed by atoms with E-state index in [2.05, 4.69) is 17.6 Å². The number of carbonyl (C=O) groups excluding carboxylic acids is 3. The number of carbonyl (C=O) groups is 3. The summed E-state index contributed by atoms with van der Waals surface area (Å²) in [5, 5.41) is 5.93. The SMILES string of the molecule is CCC(C)C(NC(=O)OC(C)(C)C)C(=O)N(C(C(=O)Nc1ccccc1C)c1ccc(C)c(C)c1)C1CC1C. The quantitative estimate of drug-likeness (QED) is 0.385. The van der Waals surface area contributed by atoms with E-state index in [1.807, 2.05) is 77.1 Å². The third-order valence-electron chi connectivity index (χ3n) is 7.61. The zero-order valence-corrected chi connectivity index (χ0v) is 24.9. The smallest absolute Gasteiger partial charge is 0.408 e. The van der Waals surface area contributed by atoms with Crippen LogP contribution in [0, 0.1) is 32.6 Å². The Labute approximate surface area is 233 Å². The van der Waals surface area contributed by atoms with Crippen molar-refractivity contribution in [3.05, 3.63) is 64.7 Å². The molecule has 1 fully saturated rings. The maximum atomic E-state index is 14.4. The number of rotatable bonds is 9. The van der Waals surface area contributed by atoms with E-state index in [1.165, 1.54) is 0 Å². The Morgan fingerprint density at radius 1 is 1.03 bits per heavy atom. The summed E-state index contributed by atoms with van der Waals surface area (Å²) in [6.45, 7) is 17.3. The predicted molar refractivity (Wildman–Crippen MR) is 155 cm³/mol. The number of ether oxygens (including phenoxy) is 1. The summed E-state index contributed by atoms with van der Waals surface area (Å²) < 4.78 is 5.50. The Kier molecular flexibility index (Phi) is 9.47. The van der Waals surface area contributed by atoms with Crippen molar-refractivity contribution in [2.45, 2.75) is 98.9 Å². The van der Waals surface area contributed by atoms with Gasteiger partial charge in [-0.25, -0.2) is 4.79 Å². The summed E-state index contributed by atoms with van der Waals surface area (Å²) in [4.78, 5) is 43.1. The van der Waals surface area contributed by atoms with Gasteiger partial charge in [-0.15, -0.1) is 0 Å². The summed E-state index contributed by atoms with van der Waals surface area (Å²) in [6.07, 6.45) is 0.825. The lowest BCUT2D eigenvalue weighted by molar-refractivity contribution is -0.142. The molecule has 2 N–H and O–H groups in total. The van der Waals surface area contributed by atoms with Gasteiger partial charge in [-0.2, -0.15) is 0 Å². The van der Waals surface area contributed by atoms with E-state index in [9.17, 15) is 14.4 Å². The van der Waals surface area contributed by atoms with Crippen LogP contribution in [0.15, 0.2) is 42.5 Å². The molecular weight excluding hydrogens is 490 g/mol. The van der Waals surface area contributed by atoms with Gasteiger partial charge in [-0.3, -0.25) is 9.59 Å². The topological polar surface area (TPSA) is 87.7 Å². The number of hydrogen-bond acceptors (Lipinski definition) is 4. The fraction of sp³-hybridized carbons (Fsp3) is 0.531. The van der Waals surface area contributed by atoms with E-state index in [0.29, 0.717) is 12.1 Å². The summed E-state index contributed by atoms with van der Waals surface area (Å²) >= 11 is 0. The van der Waals surface area contributed by atoms with Gasteiger partial charge < -0.3 is 20.3 Å². The minimum Gasteiger partial charge on any atom is -0.444 e. The summed E-state index contributed by atoms with van der Waals surface area (Å²) in [6, 6.07) is 11.7. The minimum atomic E-state index is -0.863. The first-order valence-electron chi connectivity index (χ1n) is 14.0. The molecule has 0 saturated heterocycles. The van der Waals surface area contributed by atoms with Gasteiger partial charge in [0.05, 0.1) is 0 Å². The van der Waals surface area contributed by atoms with Crippen molar-refractivity contribution in [1.29, 1.82) is 0 Å². The van der Waals surface area contributed by atoms with Crippen molar-refractivity contribution >= 4 is 23.6 Å². The van der Waals surface area contributed by atoms with Gasteiger partial charge in [0.15, 0.2) is 0 Å². The van der Waals surface area contributed by atoms with Gasteiger partial charge in [0.2, 0.25) is 5.91 Å². The molecule has 1 saturated carbocycles. The van der Waals surface area contributed by atoms with E-state index in [0.717, 1.165) is 28.7 Å². The first-order chi connectivity index (χ1) is 18.2. The fourth-order valence-electron chi connectivity index (χ4n) is 4.74. The second kappa shape index (κ2) is 12.2. The number of para-hydroxylation sites is 1. The van der Waals surface area contributed by atoms with Crippen LogP contribution in [-0.4, -0.2) is 40.5 Å². The van der Waals surface area contributed by atoms with Crippen molar-refractivity contribution in [2.75, 3.05) is 5.32 Å². The molecule has 0 bridgehead atoms. The van der Waals surface area contributed by atoms with Gasteiger partial charge >= 0.3 is 6.09 Å². The maximum absolute atomic E-state index is 14.4. The largest absolute Gasteiger partial charge is 0.444 e. The molecule has 2 aromatic rings. The second-order valence-electron chi connectivity index (χ2n) is 12.1. The van der Waals surface area contributed by atoms with Crippen LogP contribution in [-0.2, 0) is 14.3 Å². The molecule has 3 rings (SSSR count). The van der Waals surface area contributed by atoms with Crippen LogP contribution in [0.3, 0.4) is 0 Å². The van der Waals surface area contributed by atoms with Gasteiger partial charge in [0.25, 0.3) is 5.91 Å². The number of hydrogen-bond donors (Lipinski definition) is 2. The molecule has 2 aromatic carbocycles. The van der Waals surface area contributed by atoms with Crippen molar-refractivity contribution < 1.29 is 19.1 Å². The predicted octanol–water partition coefficient (Wildman–Crippen LogP) is 6.47. The maximum Gasteiger partial charge on any atom is 0.408 e. The average Bonchev–Trinajstić information content (AvgIpc) is 3.57. The summed E-state index contributed by atoms with van der Waals surface area (Å²) in [5.74, 6) is -0.470. The van der Waals surface area contributed by atoms with E-state index >= 15 is 0 Å². The fourth-order valence-corrected chi connectivity index (χ4v) is 4.74. The molecule has 7 nitrogen and oxygen atoms in total. The zero-order valence-electron chi connectivity index (χ0n) is 24.9. The van der Waals surface area contributed by atoms with Gasteiger partial charge in [0, 0.05) is 11.7 Å². The molecule has 1 aliphatic rings. The van der Waals surface area contributed by atoms with Crippen molar-refractivity contribution in [3.63, 3.8) is 0 Å². The van der Waals surface area contributed by atoms with Crippen LogP contribution in [0.4, 0.5) is 10.5 Å². The number of nitrogens with zero attached hydrogens (tertiary/aromatic N) is 1. The molecule has 0 aliphatic heterocycles. The number of alkyl carbamates (subject to hydrolysis) is 1. The molecule has 5 atom stereocenters. The van der Waals surface area contributed by atoms with E-state index in [1.54, 1.807) is 25.7 Å². The summed E-state index contributed by atoms with van der Waals surface area (Å²) in [7, 11) is 0. The third-order valence-corrected chi connectivity index (χ3v) is 7.61. The van der Waals surface area contributed by atoms with Crippen LogP contribution in [0.1, 0.15) is 82.7 Å². The molecule has 0 heterocycles. The number of nitrogens with one attached hydrogen (secondary N) is 2. The normalized spacial score (nSPS) is 18.9. The Morgan fingerprint density at radius 2 is 1.67 bits per heavy atom. The highest BCUT2D eigenvalue weighted by atomic mass is 16.6. The van der Waals surface area contributed by atoms with Crippen LogP contribution in [0.25, 0.3) is 0 Å². The highest BCUT2D eigenvalue weighted by molar-refractivity contribution is 5.99. The molecule has 5 unspecified atom stereocenters. The van der Waals surface area contributed by atoms with Crippen molar-refractivity contribution in [3.8, 4) is 0 Å². The molecule has 39 heavy (non-hydrogen) atoms. The van der Waals surface area contributed by atoms with Gasteiger partial charge in [-0.1, -0.05) is 63.6 Å². The van der Waals surface area contributed by atoms with Crippen LogP contribution in [0.5, 0.6) is 0 Å². The molecule has 3 amide bonds. The standard InChI is InChI=1S/C32H45N3O4/c1-10-19(2)27(34-31(38)39-32(7,8)9)30(37)35(26-18-23(26)6)28(24-16-15-20(3)22(5)17-24)29(36)33-25-14-12-11-13-21(25)4/h11-17,19,23,26-28H,10,18H2,1-9H3,(H,33,36)(H,34,38). The van der Waals surface area contributed by atoms with Crippen molar-refractivity contribution in [1.82, 2.24) is 10.2 Å². The van der Waals surface area contributed by atoms with Crippen LogP contribution >= 0.6 is 0 Å². The molecule has 0 spiro atoms. The van der Waals surface area contributed by atoms with E-state index < -0.39 is 23.8 Å². The van der Waals surface area contributed by atoms with Crippen LogP contribution < -0.4 is 10.6 Å². The zero-order chi connectivity index (χ0) is 29.1. The Hall–Kier alpha value is -3.35. The Balaban J connectivity index is 2.07. The lowest BCUT2D eigenvalue weighted by Gasteiger charge is -2.36. The molecular formula is C32H45N3O4. The molecule has 1 aliphatic carbocycles. The van der Waals surface area contributed by atoms with Gasteiger partial charge in [0.1, 0.15) is 17.7 Å². The second-order valence-corrected chi connectivity index (χ2v) is 12.1. The van der Waals surface area contributed by atoms with Gasteiger partial charge in [-0.05, 0) is 88.1 Å². The number of anilines is 1. The molecule has 212 valence electrons. The Morgan fingerprint density at radius 3 is 2.21 bits per heavy atom. The Bertz CT molecular complexity index is 1200. The monoisotopic (exact) mass is 535 g/mol. The van der Waals surface area contributed by atoms with E-state index in [4.69, 9.17) is 4.74 Å². The number of amides is 3. The number of aryl methyl sites for hydroxylation is 3. The lowest BCUT2D eigenvalue weighted by Crippen LogP contribution is -2.55. The highest BCUT2D eigenvalue weighted by Crippen LogP contribution is 2.41. The highest BCUT2D eigenvalue weighted by Gasteiger charge is 2.49. The molecule has 0 radical (unpaired) electrons. The molecule has 0 aromatic heterocycles. The summed E-state index contributed by atoms with van der Waals surface area (Å²) in [5.41, 5.74) is 3.84. The number of benzene rings is 2. The minimum absolute atomic E-state index is 0.112. The van der Waals surface area contributed by atoms with E-state index in [-0.39, 0.29) is 29.7 Å².